The van der Waals surface area contributed by atoms with Crippen LogP contribution in [0.4, 0.5) is 0 Å². The highest BCUT2D eigenvalue weighted by Crippen LogP contribution is 2.50. The molecule has 1 heterocycles. The van der Waals surface area contributed by atoms with E-state index in [0.717, 1.165) is 6.42 Å². The van der Waals surface area contributed by atoms with Crippen molar-refractivity contribution in [3.05, 3.63) is 0 Å². The standard InChI is InChI=1S/C9H11NO2/c1-6-2-7-4-12-8(11)9(7,3-6)5-10/h6-7H,2-4H2,1H3. The van der Waals surface area contributed by atoms with Crippen LogP contribution in [0.25, 0.3) is 0 Å². The second-order valence-corrected chi connectivity index (χ2v) is 3.92. The number of cyclic esters (lactones) is 1. The fraction of sp³-hybridized carbons (Fsp3) is 0.778. The Labute approximate surface area is 71.3 Å². The molecule has 0 spiro atoms. The maximum atomic E-state index is 11.3. The summed E-state index contributed by atoms with van der Waals surface area (Å²) in [6.07, 6.45) is 1.65. The molecule has 2 rings (SSSR count). The summed E-state index contributed by atoms with van der Waals surface area (Å²) in [5.41, 5.74) is -0.778. The molecule has 0 N–H and O–H groups in total. The molecule has 3 nitrogen and oxygen atoms in total. The summed E-state index contributed by atoms with van der Waals surface area (Å²) in [7, 11) is 0. The number of nitrogens with zero attached hydrogens (tertiary/aromatic N) is 1. The molecule has 0 aromatic heterocycles. The van der Waals surface area contributed by atoms with Crippen LogP contribution >= 0.6 is 0 Å². The fourth-order valence-corrected chi connectivity index (χ4v) is 2.43. The van der Waals surface area contributed by atoms with Crippen molar-refractivity contribution in [2.45, 2.75) is 19.8 Å². The molecule has 1 saturated carbocycles. The van der Waals surface area contributed by atoms with E-state index in [1.54, 1.807) is 0 Å². The first kappa shape index (κ1) is 7.60. The lowest BCUT2D eigenvalue weighted by atomic mass is 9.82. The van der Waals surface area contributed by atoms with Crippen molar-refractivity contribution in [1.82, 2.24) is 0 Å². The highest BCUT2D eigenvalue weighted by atomic mass is 16.5. The Morgan fingerprint density at radius 3 is 3.08 bits per heavy atom. The van der Waals surface area contributed by atoms with Gasteiger partial charge in [-0.25, -0.2) is 0 Å². The molecule has 3 unspecified atom stereocenters. The highest BCUT2D eigenvalue weighted by molar-refractivity contribution is 5.82. The second-order valence-electron chi connectivity index (χ2n) is 3.92. The van der Waals surface area contributed by atoms with E-state index in [1.807, 2.05) is 0 Å². The molecule has 0 aromatic rings. The van der Waals surface area contributed by atoms with Gasteiger partial charge in [0.1, 0.15) is 0 Å². The van der Waals surface area contributed by atoms with Gasteiger partial charge in [-0.3, -0.25) is 4.79 Å². The van der Waals surface area contributed by atoms with Crippen molar-refractivity contribution in [2.75, 3.05) is 6.61 Å². The van der Waals surface area contributed by atoms with Gasteiger partial charge in [-0.05, 0) is 18.8 Å². The van der Waals surface area contributed by atoms with Crippen molar-refractivity contribution in [2.24, 2.45) is 17.3 Å². The van der Waals surface area contributed by atoms with E-state index in [4.69, 9.17) is 10.00 Å². The number of ether oxygens (including phenoxy) is 1. The zero-order valence-corrected chi connectivity index (χ0v) is 7.04. The van der Waals surface area contributed by atoms with Gasteiger partial charge in [0.15, 0.2) is 5.41 Å². The molecule has 1 saturated heterocycles. The quantitative estimate of drug-likeness (QED) is 0.505. The van der Waals surface area contributed by atoms with Gasteiger partial charge >= 0.3 is 5.97 Å². The molecule has 0 amide bonds. The first-order valence-electron chi connectivity index (χ1n) is 4.27. The number of carbonyl (C=O) groups is 1. The summed E-state index contributed by atoms with van der Waals surface area (Å²) in [4.78, 5) is 11.3. The Balaban J connectivity index is 2.36. The Bertz CT molecular complexity index is 268. The number of hydrogen-bond donors (Lipinski definition) is 0. The summed E-state index contributed by atoms with van der Waals surface area (Å²) in [6.45, 7) is 2.54. The van der Waals surface area contributed by atoms with E-state index in [0.29, 0.717) is 18.9 Å². The van der Waals surface area contributed by atoms with Crippen LogP contribution in [0.5, 0.6) is 0 Å². The van der Waals surface area contributed by atoms with E-state index < -0.39 is 5.41 Å². The zero-order chi connectivity index (χ0) is 8.77. The van der Waals surface area contributed by atoms with Gasteiger partial charge < -0.3 is 4.74 Å². The van der Waals surface area contributed by atoms with E-state index in [-0.39, 0.29) is 11.9 Å². The molecular weight excluding hydrogens is 154 g/mol. The zero-order valence-electron chi connectivity index (χ0n) is 7.04. The highest BCUT2D eigenvalue weighted by Gasteiger charge is 2.57. The molecule has 2 aliphatic rings. The van der Waals surface area contributed by atoms with Crippen molar-refractivity contribution in [1.29, 1.82) is 5.26 Å². The number of hydrogen-bond acceptors (Lipinski definition) is 3. The first-order chi connectivity index (χ1) is 5.69. The summed E-state index contributed by atoms with van der Waals surface area (Å²) in [5, 5.41) is 8.96. The van der Waals surface area contributed by atoms with Crippen LogP contribution in [-0.4, -0.2) is 12.6 Å². The number of carbonyl (C=O) groups excluding carboxylic acids is 1. The lowest BCUT2D eigenvalue weighted by Gasteiger charge is -2.12. The van der Waals surface area contributed by atoms with Gasteiger partial charge in [-0.2, -0.15) is 5.26 Å². The molecule has 1 aliphatic carbocycles. The lowest BCUT2D eigenvalue weighted by molar-refractivity contribution is -0.144. The number of fused-ring (bicyclic) bond motifs is 1. The van der Waals surface area contributed by atoms with E-state index in [1.165, 1.54) is 0 Å². The van der Waals surface area contributed by atoms with Gasteiger partial charge in [0.25, 0.3) is 0 Å². The summed E-state index contributed by atoms with van der Waals surface area (Å²) < 4.78 is 4.90. The Hall–Kier alpha value is -1.04. The third-order valence-corrected chi connectivity index (χ3v) is 3.03. The van der Waals surface area contributed by atoms with Crippen LogP contribution in [0.3, 0.4) is 0 Å². The molecule has 3 atom stereocenters. The van der Waals surface area contributed by atoms with Gasteiger partial charge in [-0.1, -0.05) is 6.92 Å². The van der Waals surface area contributed by atoms with E-state index in [2.05, 4.69) is 13.0 Å². The average Bonchev–Trinajstić information content (AvgIpc) is 2.50. The Morgan fingerprint density at radius 2 is 2.50 bits per heavy atom. The van der Waals surface area contributed by atoms with Crippen LogP contribution < -0.4 is 0 Å². The second kappa shape index (κ2) is 2.22. The van der Waals surface area contributed by atoms with Gasteiger partial charge in [0.05, 0.1) is 12.7 Å². The first-order valence-corrected chi connectivity index (χ1v) is 4.27. The van der Waals surface area contributed by atoms with Crippen LogP contribution in [0.1, 0.15) is 19.8 Å². The maximum Gasteiger partial charge on any atom is 0.326 e. The number of rotatable bonds is 0. The molecule has 2 fully saturated rings. The van der Waals surface area contributed by atoms with Crippen LogP contribution in [-0.2, 0) is 9.53 Å². The third-order valence-electron chi connectivity index (χ3n) is 3.03. The number of esters is 1. The Morgan fingerprint density at radius 1 is 1.75 bits per heavy atom. The molecule has 0 bridgehead atoms. The minimum absolute atomic E-state index is 0.157. The van der Waals surface area contributed by atoms with Crippen LogP contribution in [0.15, 0.2) is 0 Å². The maximum absolute atomic E-state index is 11.3. The largest absolute Gasteiger partial charge is 0.464 e. The van der Waals surface area contributed by atoms with E-state index >= 15 is 0 Å². The molecule has 0 radical (unpaired) electrons. The van der Waals surface area contributed by atoms with Crippen LogP contribution in [0, 0.1) is 28.6 Å². The smallest absolute Gasteiger partial charge is 0.326 e. The van der Waals surface area contributed by atoms with E-state index in [9.17, 15) is 4.79 Å². The van der Waals surface area contributed by atoms with Gasteiger partial charge in [0, 0.05) is 5.92 Å². The minimum Gasteiger partial charge on any atom is -0.464 e. The topological polar surface area (TPSA) is 50.1 Å². The molecular formula is C9H11NO2. The minimum atomic E-state index is -0.778. The van der Waals surface area contributed by atoms with Crippen molar-refractivity contribution in [3.63, 3.8) is 0 Å². The van der Waals surface area contributed by atoms with Crippen molar-refractivity contribution in [3.8, 4) is 6.07 Å². The van der Waals surface area contributed by atoms with Crippen molar-refractivity contribution < 1.29 is 9.53 Å². The molecule has 1 aliphatic heterocycles. The predicted octanol–water partition coefficient (Wildman–Crippen LogP) is 1.10. The predicted molar refractivity (Wildman–Crippen MR) is 40.9 cm³/mol. The molecule has 0 aromatic carbocycles. The van der Waals surface area contributed by atoms with Crippen LogP contribution in [0.2, 0.25) is 0 Å². The fourth-order valence-electron chi connectivity index (χ4n) is 2.43. The molecule has 12 heavy (non-hydrogen) atoms. The molecule has 64 valence electrons. The normalized spacial score (nSPS) is 45.2. The Kier molecular flexibility index (Phi) is 1.41. The summed E-state index contributed by atoms with van der Waals surface area (Å²) >= 11 is 0. The SMILES string of the molecule is CC1CC2COC(=O)C2(C#N)C1. The lowest BCUT2D eigenvalue weighted by Crippen LogP contribution is -2.26. The summed E-state index contributed by atoms with van der Waals surface area (Å²) in [5.74, 6) is 0.354. The third kappa shape index (κ3) is 0.726. The van der Waals surface area contributed by atoms with Crippen molar-refractivity contribution >= 4 is 5.97 Å². The number of nitriles is 1. The monoisotopic (exact) mass is 165 g/mol. The molecule has 3 heteroatoms. The summed E-state index contributed by atoms with van der Waals surface area (Å²) in [6, 6.07) is 2.14. The van der Waals surface area contributed by atoms with Gasteiger partial charge in [0.2, 0.25) is 0 Å². The van der Waals surface area contributed by atoms with Gasteiger partial charge in [-0.15, -0.1) is 0 Å². The average molecular weight is 165 g/mol.